The molecule has 0 saturated heterocycles. The number of halogens is 2. The lowest BCUT2D eigenvalue weighted by molar-refractivity contribution is 0.260. The van der Waals surface area contributed by atoms with Crippen LogP contribution in [0.5, 0.6) is 11.5 Å². The Bertz CT molecular complexity index is 998. The van der Waals surface area contributed by atoms with E-state index in [0.29, 0.717) is 37.7 Å². The number of benzene rings is 2. The Morgan fingerprint density at radius 3 is 1.77 bits per heavy atom. The number of hydrogen-bond donors (Lipinski definition) is 2. The lowest BCUT2D eigenvalue weighted by Crippen LogP contribution is -2.23. The van der Waals surface area contributed by atoms with Crippen LogP contribution in [0.2, 0.25) is 0 Å². The Kier molecular flexibility index (Phi) is 4.82. The van der Waals surface area contributed by atoms with Gasteiger partial charge in [0.2, 0.25) is 0 Å². The minimum atomic E-state index is -0.366. The quantitative estimate of drug-likeness (QED) is 0.654. The summed E-state index contributed by atoms with van der Waals surface area (Å²) >= 11 is 0. The third kappa shape index (κ3) is 3.49. The second-order valence-electron chi connectivity index (χ2n) is 7.27. The Morgan fingerprint density at radius 2 is 1.27 bits per heavy atom. The maximum atomic E-state index is 14.0. The van der Waals surface area contributed by atoms with E-state index in [4.69, 9.17) is 9.47 Å². The highest BCUT2D eigenvalue weighted by Crippen LogP contribution is 2.37. The fraction of sp³-hybridized carbons (Fsp3) is 0.273. The molecule has 6 nitrogen and oxygen atoms in total. The van der Waals surface area contributed by atoms with Gasteiger partial charge >= 0.3 is 0 Å². The molecular weight excluding hydrogens is 390 g/mol. The molecule has 154 valence electrons. The zero-order valence-electron chi connectivity index (χ0n) is 16.1. The topological polar surface area (TPSA) is 68.3 Å². The molecule has 0 spiro atoms. The summed E-state index contributed by atoms with van der Waals surface area (Å²) in [5.41, 5.74) is 1.53. The molecule has 0 fully saturated rings. The van der Waals surface area contributed by atoms with Crippen molar-refractivity contribution in [3.8, 4) is 11.5 Å². The molecule has 0 saturated carbocycles. The number of hydrogen-bond acceptors (Lipinski definition) is 6. The molecule has 0 radical (unpaired) electrons. The molecular formula is C22H20F2N4O2. The van der Waals surface area contributed by atoms with E-state index >= 15 is 0 Å². The predicted octanol–water partition coefficient (Wildman–Crippen LogP) is 4.63. The van der Waals surface area contributed by atoms with Crippen LogP contribution in [-0.2, 0) is 0 Å². The Morgan fingerprint density at radius 1 is 0.767 bits per heavy atom. The molecule has 5 rings (SSSR count). The number of rotatable bonds is 4. The summed E-state index contributed by atoms with van der Waals surface area (Å²) in [6, 6.07) is 11.4. The average molecular weight is 410 g/mol. The molecule has 1 aromatic heterocycles. The van der Waals surface area contributed by atoms with Crippen molar-refractivity contribution < 1.29 is 18.3 Å². The predicted molar refractivity (Wildman–Crippen MR) is 108 cm³/mol. The van der Waals surface area contributed by atoms with Gasteiger partial charge < -0.3 is 20.1 Å². The number of aromatic nitrogens is 2. The summed E-state index contributed by atoms with van der Waals surface area (Å²) in [5.74, 6) is 1.06. The van der Waals surface area contributed by atoms with Gasteiger partial charge in [-0.3, -0.25) is 0 Å². The first-order valence-electron chi connectivity index (χ1n) is 9.86. The molecule has 2 aliphatic rings. The SMILES string of the molecule is Fc1cccc2c1OCC[C@@H]2Nc1cc(N[C@H]2CCOc3c(F)cccc32)ncn1. The third-order valence-electron chi connectivity index (χ3n) is 5.36. The summed E-state index contributed by atoms with van der Waals surface area (Å²) in [4.78, 5) is 8.60. The van der Waals surface area contributed by atoms with Crippen LogP contribution < -0.4 is 20.1 Å². The van der Waals surface area contributed by atoms with E-state index in [-0.39, 0.29) is 35.2 Å². The highest BCUT2D eigenvalue weighted by Gasteiger charge is 2.26. The summed E-state index contributed by atoms with van der Waals surface area (Å²) in [6.45, 7) is 0.846. The number of nitrogens with zero attached hydrogens (tertiary/aromatic N) is 2. The second kappa shape index (κ2) is 7.78. The molecule has 2 N–H and O–H groups in total. The lowest BCUT2D eigenvalue weighted by atomic mass is 10.00. The van der Waals surface area contributed by atoms with Gasteiger partial charge in [0.1, 0.15) is 18.0 Å². The average Bonchev–Trinajstić information content (AvgIpc) is 2.76. The van der Waals surface area contributed by atoms with Crippen LogP contribution in [-0.4, -0.2) is 23.2 Å². The van der Waals surface area contributed by atoms with Gasteiger partial charge in [0, 0.05) is 30.0 Å². The van der Waals surface area contributed by atoms with Crippen molar-refractivity contribution in [2.45, 2.75) is 24.9 Å². The van der Waals surface area contributed by atoms with Crippen molar-refractivity contribution >= 4 is 11.6 Å². The van der Waals surface area contributed by atoms with E-state index in [1.165, 1.54) is 18.5 Å². The molecule has 30 heavy (non-hydrogen) atoms. The number of nitrogens with one attached hydrogen (secondary N) is 2. The van der Waals surface area contributed by atoms with Crippen molar-refractivity contribution in [1.29, 1.82) is 0 Å². The monoisotopic (exact) mass is 410 g/mol. The highest BCUT2D eigenvalue weighted by molar-refractivity contribution is 5.52. The summed E-state index contributed by atoms with van der Waals surface area (Å²) < 4.78 is 39.0. The van der Waals surface area contributed by atoms with Crippen molar-refractivity contribution in [2.75, 3.05) is 23.8 Å². The molecule has 2 aromatic carbocycles. The molecule has 0 unspecified atom stereocenters. The van der Waals surface area contributed by atoms with Gasteiger partial charge in [0.25, 0.3) is 0 Å². The van der Waals surface area contributed by atoms with Crippen LogP contribution in [0.4, 0.5) is 20.4 Å². The van der Waals surface area contributed by atoms with E-state index in [1.807, 2.05) is 12.1 Å². The number of ether oxygens (including phenoxy) is 2. The van der Waals surface area contributed by atoms with E-state index in [9.17, 15) is 8.78 Å². The van der Waals surface area contributed by atoms with Gasteiger partial charge in [-0.25, -0.2) is 18.7 Å². The summed E-state index contributed by atoms with van der Waals surface area (Å²) in [6.07, 6.45) is 2.84. The first kappa shape index (κ1) is 18.6. The number of para-hydroxylation sites is 2. The van der Waals surface area contributed by atoms with Crippen LogP contribution in [0.15, 0.2) is 48.8 Å². The molecule has 2 aliphatic heterocycles. The maximum absolute atomic E-state index is 14.0. The van der Waals surface area contributed by atoms with Gasteiger partial charge in [-0.2, -0.15) is 0 Å². The van der Waals surface area contributed by atoms with E-state index in [1.54, 1.807) is 18.2 Å². The minimum absolute atomic E-state index is 0.120. The maximum Gasteiger partial charge on any atom is 0.165 e. The van der Waals surface area contributed by atoms with Gasteiger partial charge in [0.05, 0.1) is 25.3 Å². The fourth-order valence-electron chi connectivity index (χ4n) is 3.95. The van der Waals surface area contributed by atoms with Crippen LogP contribution in [0.1, 0.15) is 36.1 Å². The Hall–Kier alpha value is -3.42. The third-order valence-corrected chi connectivity index (χ3v) is 5.36. The van der Waals surface area contributed by atoms with Crippen molar-refractivity contribution in [3.63, 3.8) is 0 Å². The van der Waals surface area contributed by atoms with E-state index < -0.39 is 0 Å². The molecule has 3 heterocycles. The van der Waals surface area contributed by atoms with Gasteiger partial charge in [-0.05, 0) is 12.1 Å². The zero-order chi connectivity index (χ0) is 20.5. The first-order valence-corrected chi connectivity index (χ1v) is 9.86. The minimum Gasteiger partial charge on any atom is -0.490 e. The van der Waals surface area contributed by atoms with Crippen molar-refractivity contribution in [3.05, 3.63) is 71.6 Å². The number of fused-ring (bicyclic) bond motifs is 2. The van der Waals surface area contributed by atoms with Gasteiger partial charge in [0.15, 0.2) is 23.1 Å². The van der Waals surface area contributed by atoms with Crippen molar-refractivity contribution in [1.82, 2.24) is 9.97 Å². The van der Waals surface area contributed by atoms with E-state index in [0.717, 1.165) is 11.1 Å². The summed E-state index contributed by atoms with van der Waals surface area (Å²) in [7, 11) is 0. The largest absolute Gasteiger partial charge is 0.490 e. The second-order valence-corrected chi connectivity index (χ2v) is 7.27. The van der Waals surface area contributed by atoms with Crippen LogP contribution in [0, 0.1) is 11.6 Å². The molecule has 8 heteroatoms. The van der Waals surface area contributed by atoms with Crippen LogP contribution in [0.3, 0.4) is 0 Å². The highest BCUT2D eigenvalue weighted by atomic mass is 19.1. The Labute approximate surface area is 172 Å². The van der Waals surface area contributed by atoms with Crippen molar-refractivity contribution in [2.24, 2.45) is 0 Å². The molecule has 0 amide bonds. The number of anilines is 2. The fourth-order valence-corrected chi connectivity index (χ4v) is 3.95. The van der Waals surface area contributed by atoms with E-state index in [2.05, 4.69) is 20.6 Å². The molecule has 0 bridgehead atoms. The van der Waals surface area contributed by atoms with Crippen LogP contribution >= 0.6 is 0 Å². The first-order chi connectivity index (χ1) is 14.7. The molecule has 3 aromatic rings. The molecule has 0 aliphatic carbocycles. The van der Waals surface area contributed by atoms with Gasteiger partial charge in [-0.15, -0.1) is 0 Å². The molecule has 2 atom stereocenters. The zero-order valence-corrected chi connectivity index (χ0v) is 16.1. The Balaban J connectivity index is 1.36. The van der Waals surface area contributed by atoms with Crippen LogP contribution in [0.25, 0.3) is 0 Å². The standard InChI is InChI=1S/C22H20F2N4O2/c23-15-5-1-3-13-17(7-9-29-21(13)15)27-19-11-20(26-12-25-19)28-18-8-10-30-22-14(18)4-2-6-16(22)24/h1-6,11-12,17-18H,7-10H2,(H2,25,26,27,28)/t17-,18-/m0/s1. The normalized spacial score (nSPS) is 19.7. The smallest absolute Gasteiger partial charge is 0.165 e. The summed E-state index contributed by atoms with van der Waals surface area (Å²) in [5, 5.41) is 6.70. The lowest BCUT2D eigenvalue weighted by Gasteiger charge is -2.28. The van der Waals surface area contributed by atoms with Gasteiger partial charge in [-0.1, -0.05) is 24.3 Å².